The van der Waals surface area contributed by atoms with Crippen LogP contribution in [-0.2, 0) is 22.6 Å². The number of hydrogen-bond donors (Lipinski definition) is 1. The summed E-state index contributed by atoms with van der Waals surface area (Å²) in [5.74, 6) is -0.603. The van der Waals surface area contributed by atoms with Gasteiger partial charge in [0.15, 0.2) is 0 Å². The topological polar surface area (TPSA) is 84.7 Å². The lowest BCUT2D eigenvalue weighted by molar-refractivity contribution is -0.139. The van der Waals surface area contributed by atoms with Crippen molar-refractivity contribution in [2.45, 2.75) is 45.4 Å². The maximum Gasteiger partial charge on any atom is 0.295 e. The van der Waals surface area contributed by atoms with Crippen molar-refractivity contribution in [3.05, 3.63) is 89.0 Å². The molecule has 7 nitrogen and oxygen atoms in total. The molecule has 0 bridgehead atoms. The molecule has 2 aromatic carbocycles. The molecule has 34 heavy (non-hydrogen) atoms. The smallest absolute Gasteiger partial charge is 0.295 e. The quantitative estimate of drug-likeness (QED) is 0.343. The standard InChI is InChI=1S/C27H27N3O4/c1-17-4-6-19(7-5-17)24-23(25(31)20-8-9-22-21(15-20)14-18(2)34-22)26(32)27(33)30(24)12-3-11-29-13-10-28-16-29/h4-10,13,15-16,18,24,31H,3,11-12,14H2,1-2H3/b25-23+/t18-,24-/m0/s1. The number of ether oxygens (including phenoxy) is 1. The zero-order valence-electron chi connectivity index (χ0n) is 19.3. The Bertz CT molecular complexity index is 1260. The second-order valence-electron chi connectivity index (χ2n) is 9.01. The van der Waals surface area contributed by atoms with Crippen LogP contribution in [0.4, 0.5) is 0 Å². The lowest BCUT2D eigenvalue weighted by Gasteiger charge is -2.25. The third kappa shape index (κ3) is 3.98. The van der Waals surface area contributed by atoms with Crippen molar-refractivity contribution in [3.8, 4) is 5.75 Å². The van der Waals surface area contributed by atoms with E-state index in [2.05, 4.69) is 4.98 Å². The summed E-state index contributed by atoms with van der Waals surface area (Å²) < 4.78 is 7.70. The summed E-state index contributed by atoms with van der Waals surface area (Å²) in [6.45, 7) is 5.03. The van der Waals surface area contributed by atoms with Crippen LogP contribution >= 0.6 is 0 Å². The first kappa shape index (κ1) is 21.9. The van der Waals surface area contributed by atoms with E-state index in [1.54, 1.807) is 23.5 Å². The molecule has 0 spiro atoms. The number of carbonyl (C=O) groups excluding carboxylic acids is 2. The number of likely N-dealkylation sites (tertiary alicyclic amines) is 1. The molecule has 0 radical (unpaired) electrons. The fraction of sp³-hybridized carbons (Fsp3) is 0.296. The van der Waals surface area contributed by atoms with E-state index in [1.165, 1.54) is 0 Å². The maximum atomic E-state index is 13.2. The van der Waals surface area contributed by atoms with Gasteiger partial charge < -0.3 is 19.3 Å². The molecular formula is C27H27N3O4. The molecule has 7 heteroatoms. The van der Waals surface area contributed by atoms with Gasteiger partial charge in [0, 0.05) is 37.5 Å². The summed E-state index contributed by atoms with van der Waals surface area (Å²) in [7, 11) is 0. The van der Waals surface area contributed by atoms with Crippen molar-refractivity contribution in [1.29, 1.82) is 0 Å². The molecule has 1 saturated heterocycles. The summed E-state index contributed by atoms with van der Waals surface area (Å²) in [5.41, 5.74) is 3.51. The highest BCUT2D eigenvalue weighted by Crippen LogP contribution is 2.40. The van der Waals surface area contributed by atoms with Gasteiger partial charge in [0.1, 0.15) is 17.6 Å². The number of fused-ring (bicyclic) bond motifs is 1. The minimum absolute atomic E-state index is 0.0704. The van der Waals surface area contributed by atoms with Gasteiger partial charge in [0.05, 0.1) is 17.9 Å². The number of rotatable bonds is 6. The second kappa shape index (κ2) is 8.82. The van der Waals surface area contributed by atoms with E-state index >= 15 is 0 Å². The van der Waals surface area contributed by atoms with Gasteiger partial charge in [0.2, 0.25) is 0 Å². The van der Waals surface area contributed by atoms with Crippen molar-refractivity contribution in [2.24, 2.45) is 0 Å². The zero-order valence-corrected chi connectivity index (χ0v) is 19.3. The van der Waals surface area contributed by atoms with Crippen LogP contribution < -0.4 is 4.74 Å². The second-order valence-corrected chi connectivity index (χ2v) is 9.01. The van der Waals surface area contributed by atoms with Gasteiger partial charge in [-0.2, -0.15) is 0 Å². The van der Waals surface area contributed by atoms with Crippen molar-refractivity contribution in [3.63, 3.8) is 0 Å². The van der Waals surface area contributed by atoms with Crippen molar-refractivity contribution in [2.75, 3.05) is 6.54 Å². The van der Waals surface area contributed by atoms with E-state index in [-0.39, 0.29) is 17.4 Å². The van der Waals surface area contributed by atoms with Gasteiger partial charge in [-0.3, -0.25) is 9.59 Å². The van der Waals surface area contributed by atoms with Crippen LogP contribution in [0.25, 0.3) is 5.76 Å². The summed E-state index contributed by atoms with van der Waals surface area (Å²) >= 11 is 0. The number of aliphatic hydroxyl groups is 1. The van der Waals surface area contributed by atoms with Gasteiger partial charge in [0.25, 0.3) is 11.7 Å². The zero-order chi connectivity index (χ0) is 23.8. The van der Waals surface area contributed by atoms with Crippen LogP contribution in [0.15, 0.2) is 66.8 Å². The van der Waals surface area contributed by atoms with E-state index in [0.29, 0.717) is 25.1 Å². The molecule has 2 aliphatic rings. The van der Waals surface area contributed by atoms with E-state index in [1.807, 2.05) is 61.0 Å². The highest BCUT2D eigenvalue weighted by Gasteiger charge is 2.45. The van der Waals surface area contributed by atoms with Crippen LogP contribution in [0.5, 0.6) is 5.75 Å². The molecule has 0 aliphatic carbocycles. The Labute approximate surface area is 198 Å². The normalized spacial score (nSPS) is 21.1. The highest BCUT2D eigenvalue weighted by atomic mass is 16.5. The SMILES string of the molecule is Cc1ccc([C@H]2/C(=C(\O)c3ccc4c(c3)C[C@H](C)O4)C(=O)C(=O)N2CCCn2ccnc2)cc1. The molecule has 2 aliphatic heterocycles. The molecule has 1 aromatic heterocycles. The van der Waals surface area contributed by atoms with Crippen LogP contribution in [0.3, 0.4) is 0 Å². The van der Waals surface area contributed by atoms with E-state index < -0.39 is 17.7 Å². The molecule has 0 saturated carbocycles. The average molecular weight is 458 g/mol. The van der Waals surface area contributed by atoms with Gasteiger partial charge in [-0.25, -0.2) is 4.98 Å². The Hall–Kier alpha value is -3.87. The molecule has 174 valence electrons. The lowest BCUT2D eigenvalue weighted by Crippen LogP contribution is -2.31. The fourth-order valence-corrected chi connectivity index (χ4v) is 4.77. The summed E-state index contributed by atoms with van der Waals surface area (Å²) in [5, 5.41) is 11.3. The third-order valence-corrected chi connectivity index (χ3v) is 6.48. The predicted octanol–water partition coefficient (Wildman–Crippen LogP) is 4.03. The number of aryl methyl sites for hydroxylation is 2. The highest BCUT2D eigenvalue weighted by molar-refractivity contribution is 6.46. The molecule has 3 aromatic rings. The summed E-state index contributed by atoms with van der Waals surface area (Å²) in [6, 6.07) is 12.5. The minimum Gasteiger partial charge on any atom is -0.507 e. The monoisotopic (exact) mass is 457 g/mol. The van der Waals surface area contributed by atoms with Crippen LogP contribution in [-0.4, -0.2) is 43.9 Å². The molecule has 0 unspecified atom stereocenters. The predicted molar refractivity (Wildman–Crippen MR) is 127 cm³/mol. The third-order valence-electron chi connectivity index (χ3n) is 6.48. The number of aliphatic hydroxyl groups excluding tert-OH is 1. The van der Waals surface area contributed by atoms with E-state index in [4.69, 9.17) is 4.74 Å². The largest absolute Gasteiger partial charge is 0.507 e. The van der Waals surface area contributed by atoms with Gasteiger partial charge in [-0.1, -0.05) is 29.8 Å². The molecule has 1 N–H and O–H groups in total. The van der Waals surface area contributed by atoms with Crippen molar-refractivity contribution in [1.82, 2.24) is 14.5 Å². The maximum absolute atomic E-state index is 13.2. The van der Waals surface area contributed by atoms with E-state index in [0.717, 1.165) is 28.9 Å². The number of carbonyl (C=O) groups is 2. The van der Waals surface area contributed by atoms with Crippen molar-refractivity contribution < 1.29 is 19.4 Å². The molecule has 2 atom stereocenters. The van der Waals surface area contributed by atoms with Crippen LogP contribution in [0, 0.1) is 6.92 Å². The number of nitrogens with zero attached hydrogens (tertiary/aromatic N) is 3. The fourth-order valence-electron chi connectivity index (χ4n) is 4.77. The Kier molecular flexibility index (Phi) is 5.69. The number of aromatic nitrogens is 2. The molecule has 1 fully saturated rings. The van der Waals surface area contributed by atoms with E-state index in [9.17, 15) is 14.7 Å². The number of hydrogen-bond acceptors (Lipinski definition) is 5. The lowest BCUT2D eigenvalue weighted by atomic mass is 9.94. The first-order chi connectivity index (χ1) is 16.4. The number of Topliss-reactive ketones (excluding diaryl/α,β-unsaturated/α-hetero) is 1. The number of ketones is 1. The van der Waals surface area contributed by atoms with Gasteiger partial charge in [-0.05, 0) is 49.6 Å². The van der Waals surface area contributed by atoms with Gasteiger partial charge in [-0.15, -0.1) is 0 Å². The van der Waals surface area contributed by atoms with Crippen molar-refractivity contribution >= 4 is 17.4 Å². The minimum atomic E-state index is -0.657. The number of benzene rings is 2. The Morgan fingerprint density at radius 1 is 1.15 bits per heavy atom. The van der Waals surface area contributed by atoms with Crippen LogP contribution in [0.1, 0.15) is 41.6 Å². The number of imidazole rings is 1. The average Bonchev–Trinajstić information content (AvgIpc) is 3.53. The summed E-state index contributed by atoms with van der Waals surface area (Å²) in [4.78, 5) is 32.0. The summed E-state index contributed by atoms with van der Waals surface area (Å²) in [6.07, 6.45) is 6.76. The molecule has 1 amide bonds. The Morgan fingerprint density at radius 2 is 1.94 bits per heavy atom. The molecule has 5 rings (SSSR count). The Morgan fingerprint density at radius 3 is 2.68 bits per heavy atom. The number of amides is 1. The first-order valence-electron chi connectivity index (χ1n) is 11.5. The molecule has 3 heterocycles. The van der Waals surface area contributed by atoms with Gasteiger partial charge >= 0.3 is 0 Å². The first-order valence-corrected chi connectivity index (χ1v) is 11.5. The molecular weight excluding hydrogens is 430 g/mol. The van der Waals surface area contributed by atoms with Crippen LogP contribution in [0.2, 0.25) is 0 Å². The Balaban J connectivity index is 1.52.